The molecule has 3 N–H and O–H groups in total. The number of amides is 1. The summed E-state index contributed by atoms with van der Waals surface area (Å²) < 4.78 is 5.70. The second kappa shape index (κ2) is 4.85. The molecular weight excluding hydrogens is 250 g/mol. The van der Waals surface area contributed by atoms with Crippen LogP contribution in [0, 0.1) is 5.92 Å². The maximum atomic E-state index is 11.9. The molecule has 0 bridgehead atoms. The molecule has 2 atom stereocenters. The Bertz CT molecular complexity index is 444. The molecule has 1 amide bonds. The normalized spacial score (nSPS) is 27.3. The van der Waals surface area contributed by atoms with Crippen LogP contribution in [0.15, 0.2) is 5.38 Å². The number of nitrogens with zero attached hydrogens (tertiary/aromatic N) is 1. The fourth-order valence-electron chi connectivity index (χ4n) is 2.48. The highest BCUT2D eigenvalue weighted by Crippen LogP contribution is 2.38. The van der Waals surface area contributed by atoms with Crippen LogP contribution in [0.1, 0.15) is 25.0 Å². The van der Waals surface area contributed by atoms with Crippen molar-refractivity contribution >= 4 is 22.4 Å². The standard InChI is InChI=1S/C12H17N3O2S/c13-12-14-8(6-18-12)5-10(16)15-9-3-4-17-11(9)7-1-2-7/h6-7,9,11H,1-5H2,(H2,13,14)(H,15,16). The molecule has 1 aromatic rings. The summed E-state index contributed by atoms with van der Waals surface area (Å²) in [5.74, 6) is 0.675. The second-order valence-electron chi connectivity index (χ2n) is 4.99. The Morgan fingerprint density at radius 1 is 1.56 bits per heavy atom. The van der Waals surface area contributed by atoms with Gasteiger partial charge in [-0.2, -0.15) is 0 Å². The SMILES string of the molecule is Nc1nc(CC(=O)NC2CCOC2C2CC2)cs1. The average molecular weight is 267 g/mol. The lowest BCUT2D eigenvalue weighted by Gasteiger charge is -2.19. The van der Waals surface area contributed by atoms with E-state index in [1.54, 1.807) is 0 Å². The van der Waals surface area contributed by atoms with Gasteiger partial charge in [0.1, 0.15) is 0 Å². The number of ether oxygens (including phenoxy) is 1. The summed E-state index contributed by atoms with van der Waals surface area (Å²) in [5, 5.41) is 5.41. The Morgan fingerprint density at radius 2 is 2.39 bits per heavy atom. The number of carbonyl (C=O) groups is 1. The molecule has 0 aromatic carbocycles. The summed E-state index contributed by atoms with van der Waals surface area (Å²) in [6, 6.07) is 0.181. The van der Waals surface area contributed by atoms with E-state index in [9.17, 15) is 4.79 Å². The van der Waals surface area contributed by atoms with Crippen LogP contribution < -0.4 is 11.1 Å². The summed E-state index contributed by atoms with van der Waals surface area (Å²) in [5.41, 5.74) is 6.29. The van der Waals surface area contributed by atoms with Crippen LogP contribution in [0.3, 0.4) is 0 Å². The van der Waals surface area contributed by atoms with Crippen LogP contribution in [0.25, 0.3) is 0 Å². The van der Waals surface area contributed by atoms with Gasteiger partial charge in [-0.15, -0.1) is 11.3 Å². The predicted octanol–water partition coefficient (Wildman–Crippen LogP) is 0.951. The number of nitrogen functional groups attached to an aromatic ring is 1. The van der Waals surface area contributed by atoms with Gasteiger partial charge in [-0.05, 0) is 25.2 Å². The summed E-state index contributed by atoms with van der Waals surface area (Å²) >= 11 is 1.37. The predicted molar refractivity (Wildman–Crippen MR) is 69.2 cm³/mol. The highest BCUT2D eigenvalue weighted by Gasteiger charge is 2.41. The number of hydrogen-bond donors (Lipinski definition) is 2. The van der Waals surface area contributed by atoms with Gasteiger partial charge in [-0.3, -0.25) is 4.79 Å². The van der Waals surface area contributed by atoms with Gasteiger partial charge >= 0.3 is 0 Å². The summed E-state index contributed by atoms with van der Waals surface area (Å²) in [6.45, 7) is 0.760. The first-order chi connectivity index (χ1) is 8.72. The Labute approximate surface area is 110 Å². The number of thiazole rings is 1. The van der Waals surface area contributed by atoms with E-state index in [0.717, 1.165) is 18.7 Å². The van der Waals surface area contributed by atoms with Crippen molar-refractivity contribution in [3.8, 4) is 0 Å². The molecule has 2 unspecified atom stereocenters. The number of rotatable bonds is 4. The van der Waals surface area contributed by atoms with Gasteiger partial charge in [-0.1, -0.05) is 0 Å². The molecule has 1 aliphatic heterocycles. The molecule has 3 rings (SSSR count). The topological polar surface area (TPSA) is 77.2 Å². The van der Waals surface area contributed by atoms with Crippen LogP contribution in [-0.4, -0.2) is 29.6 Å². The minimum absolute atomic E-state index is 0.0152. The van der Waals surface area contributed by atoms with E-state index in [2.05, 4.69) is 10.3 Å². The van der Waals surface area contributed by atoms with E-state index in [4.69, 9.17) is 10.5 Å². The highest BCUT2D eigenvalue weighted by atomic mass is 32.1. The molecule has 98 valence electrons. The molecule has 1 aromatic heterocycles. The molecule has 2 aliphatic rings. The molecule has 6 heteroatoms. The zero-order valence-electron chi connectivity index (χ0n) is 10.1. The van der Waals surface area contributed by atoms with Gasteiger partial charge in [0.25, 0.3) is 0 Å². The largest absolute Gasteiger partial charge is 0.376 e. The van der Waals surface area contributed by atoms with Gasteiger partial charge < -0.3 is 15.8 Å². The van der Waals surface area contributed by atoms with Crippen molar-refractivity contribution in [2.24, 2.45) is 5.92 Å². The van der Waals surface area contributed by atoms with Gasteiger partial charge in [0, 0.05) is 12.0 Å². The van der Waals surface area contributed by atoms with E-state index in [1.165, 1.54) is 24.2 Å². The molecule has 1 aliphatic carbocycles. The number of aromatic nitrogens is 1. The first-order valence-electron chi connectivity index (χ1n) is 6.33. The van der Waals surface area contributed by atoms with Gasteiger partial charge in [-0.25, -0.2) is 4.98 Å². The third-order valence-electron chi connectivity index (χ3n) is 3.48. The Kier molecular flexibility index (Phi) is 3.22. The number of carbonyl (C=O) groups excluding carboxylic acids is 1. The summed E-state index contributed by atoms with van der Waals surface area (Å²) in [7, 11) is 0. The van der Waals surface area contributed by atoms with Crippen molar-refractivity contribution in [2.45, 2.75) is 37.8 Å². The van der Waals surface area contributed by atoms with Crippen LogP contribution in [0.2, 0.25) is 0 Å². The highest BCUT2D eigenvalue weighted by molar-refractivity contribution is 7.13. The zero-order chi connectivity index (χ0) is 12.5. The fraction of sp³-hybridized carbons (Fsp3) is 0.667. The third kappa shape index (κ3) is 2.64. The lowest BCUT2D eigenvalue weighted by molar-refractivity contribution is -0.121. The molecule has 2 heterocycles. The maximum Gasteiger partial charge on any atom is 0.226 e. The molecular formula is C12H17N3O2S. The maximum absolute atomic E-state index is 11.9. The van der Waals surface area contributed by atoms with Crippen LogP contribution in [0.4, 0.5) is 5.13 Å². The Morgan fingerprint density at radius 3 is 3.06 bits per heavy atom. The minimum atomic E-state index is 0.0152. The van der Waals surface area contributed by atoms with Gasteiger partial charge in [0.15, 0.2) is 5.13 Å². The average Bonchev–Trinajstić information content (AvgIpc) is 2.94. The van der Waals surface area contributed by atoms with Crippen molar-refractivity contribution in [3.63, 3.8) is 0 Å². The minimum Gasteiger partial charge on any atom is -0.376 e. The lowest BCUT2D eigenvalue weighted by Crippen LogP contribution is -2.42. The van der Waals surface area contributed by atoms with Gasteiger partial charge in [0.05, 0.1) is 24.3 Å². The van der Waals surface area contributed by atoms with E-state index in [-0.39, 0.29) is 18.1 Å². The summed E-state index contributed by atoms with van der Waals surface area (Å²) in [4.78, 5) is 16.0. The van der Waals surface area contributed by atoms with Crippen molar-refractivity contribution in [3.05, 3.63) is 11.1 Å². The van der Waals surface area contributed by atoms with Crippen molar-refractivity contribution < 1.29 is 9.53 Å². The van der Waals surface area contributed by atoms with E-state index in [0.29, 0.717) is 17.5 Å². The second-order valence-corrected chi connectivity index (χ2v) is 5.88. The molecule has 18 heavy (non-hydrogen) atoms. The molecule has 1 saturated carbocycles. The molecule has 2 fully saturated rings. The quantitative estimate of drug-likeness (QED) is 0.851. The fourth-order valence-corrected chi connectivity index (χ4v) is 3.04. The first kappa shape index (κ1) is 11.9. The van der Waals surface area contributed by atoms with Crippen molar-refractivity contribution in [2.75, 3.05) is 12.3 Å². The van der Waals surface area contributed by atoms with Crippen molar-refractivity contribution in [1.29, 1.82) is 0 Å². The van der Waals surface area contributed by atoms with Crippen molar-refractivity contribution in [1.82, 2.24) is 10.3 Å². The molecule has 1 saturated heterocycles. The Hall–Kier alpha value is -1.14. The smallest absolute Gasteiger partial charge is 0.226 e. The summed E-state index contributed by atoms with van der Waals surface area (Å²) in [6.07, 6.45) is 3.93. The number of nitrogens with two attached hydrogens (primary N) is 1. The van der Waals surface area contributed by atoms with Crippen LogP contribution in [-0.2, 0) is 16.0 Å². The monoisotopic (exact) mass is 267 g/mol. The molecule has 5 nitrogen and oxygen atoms in total. The van der Waals surface area contributed by atoms with Crippen LogP contribution >= 0.6 is 11.3 Å². The van der Waals surface area contributed by atoms with E-state index in [1.807, 2.05) is 5.38 Å². The molecule has 0 spiro atoms. The third-order valence-corrected chi connectivity index (χ3v) is 4.20. The number of anilines is 1. The first-order valence-corrected chi connectivity index (χ1v) is 7.21. The van der Waals surface area contributed by atoms with E-state index >= 15 is 0 Å². The van der Waals surface area contributed by atoms with Crippen LogP contribution in [0.5, 0.6) is 0 Å². The number of hydrogen-bond acceptors (Lipinski definition) is 5. The Balaban J connectivity index is 1.54. The molecule has 0 radical (unpaired) electrons. The van der Waals surface area contributed by atoms with Gasteiger partial charge in [0.2, 0.25) is 5.91 Å². The number of nitrogens with one attached hydrogen (secondary N) is 1. The zero-order valence-corrected chi connectivity index (χ0v) is 10.9. The van der Waals surface area contributed by atoms with E-state index < -0.39 is 0 Å². The lowest BCUT2D eigenvalue weighted by atomic mass is 10.1.